The molecule has 7 rings (SSSR count). The van der Waals surface area contributed by atoms with E-state index in [0.29, 0.717) is 46.7 Å². The fraction of sp³-hybridized carbons (Fsp3) is 0.375. The van der Waals surface area contributed by atoms with E-state index in [1.807, 2.05) is 10.9 Å². The Hall–Kier alpha value is -3.77. The third-order valence-electron chi connectivity index (χ3n) is 7.14. The summed E-state index contributed by atoms with van der Waals surface area (Å²) in [5, 5.41) is 12.6. The van der Waals surface area contributed by atoms with Crippen molar-refractivity contribution in [3.05, 3.63) is 40.6 Å². The molecule has 1 amide bonds. The summed E-state index contributed by atoms with van der Waals surface area (Å²) in [6, 6.07) is 2.02. The number of rotatable bonds is 4. The first-order chi connectivity index (χ1) is 17.6. The number of nitrogens with zero attached hydrogens (tertiary/aromatic N) is 6. The Bertz CT molecular complexity index is 1710. The lowest BCUT2D eigenvalue weighted by atomic mass is 10.2. The van der Waals surface area contributed by atoms with Crippen molar-refractivity contribution >= 4 is 44.0 Å². The highest BCUT2D eigenvalue weighted by Crippen LogP contribution is 2.38. The fourth-order valence-electron chi connectivity index (χ4n) is 5.19. The van der Waals surface area contributed by atoms with Crippen LogP contribution in [0.3, 0.4) is 0 Å². The molecule has 5 aromatic heterocycles. The summed E-state index contributed by atoms with van der Waals surface area (Å²) in [5.41, 5.74) is 2.60. The number of pyridine rings is 2. The zero-order valence-electron chi connectivity index (χ0n) is 19.7. The Morgan fingerprint density at radius 2 is 2.19 bits per heavy atom. The van der Waals surface area contributed by atoms with Crippen LogP contribution < -0.4 is 15.6 Å². The summed E-state index contributed by atoms with van der Waals surface area (Å²) >= 11 is 1.46. The van der Waals surface area contributed by atoms with Gasteiger partial charge in [-0.05, 0) is 32.5 Å². The lowest BCUT2D eigenvalue weighted by Crippen LogP contribution is -2.38. The maximum absolute atomic E-state index is 13.1. The van der Waals surface area contributed by atoms with Gasteiger partial charge in [-0.15, -0.1) is 11.3 Å². The van der Waals surface area contributed by atoms with E-state index in [1.54, 1.807) is 23.0 Å². The molecule has 5 aromatic rings. The van der Waals surface area contributed by atoms with Gasteiger partial charge in [-0.25, -0.2) is 9.20 Å². The van der Waals surface area contributed by atoms with Crippen molar-refractivity contribution in [1.29, 1.82) is 0 Å². The molecule has 1 unspecified atom stereocenters. The molecule has 2 aliphatic rings. The number of thiazole rings is 1. The molecule has 0 aromatic carbocycles. The van der Waals surface area contributed by atoms with Gasteiger partial charge >= 0.3 is 0 Å². The molecule has 184 valence electrons. The maximum Gasteiger partial charge on any atom is 0.261 e. The van der Waals surface area contributed by atoms with Crippen LogP contribution >= 0.6 is 11.3 Å². The summed E-state index contributed by atoms with van der Waals surface area (Å²) in [6.45, 7) is 3.14. The molecule has 2 aliphatic heterocycles. The second-order valence-electron chi connectivity index (χ2n) is 9.42. The van der Waals surface area contributed by atoms with Crippen LogP contribution in [0.15, 0.2) is 29.5 Å². The normalized spacial score (nSPS) is 18.2. The molecule has 36 heavy (non-hydrogen) atoms. The van der Waals surface area contributed by atoms with Gasteiger partial charge in [0.2, 0.25) is 5.88 Å². The summed E-state index contributed by atoms with van der Waals surface area (Å²) < 4.78 is 9.42. The van der Waals surface area contributed by atoms with Gasteiger partial charge in [0, 0.05) is 37.9 Å². The lowest BCUT2D eigenvalue weighted by Gasteiger charge is -2.19. The second kappa shape index (κ2) is 8.14. The predicted molar refractivity (Wildman–Crippen MR) is 136 cm³/mol. The average molecular weight is 505 g/mol. The minimum atomic E-state index is -0.263. The first-order valence-electron chi connectivity index (χ1n) is 12.1. The van der Waals surface area contributed by atoms with Gasteiger partial charge in [0.05, 0.1) is 34.3 Å². The van der Waals surface area contributed by atoms with E-state index in [9.17, 15) is 9.59 Å². The molecule has 0 aliphatic carbocycles. The molecule has 11 nitrogen and oxygen atoms in total. The number of likely N-dealkylation sites (N-methyl/N-ethyl adjacent to an activating group) is 1. The number of carbonyl (C=O) groups excluding carboxylic acids is 1. The Morgan fingerprint density at radius 3 is 3.06 bits per heavy atom. The first kappa shape index (κ1) is 21.5. The van der Waals surface area contributed by atoms with E-state index in [4.69, 9.17) is 4.74 Å². The third-order valence-corrected chi connectivity index (χ3v) is 8.27. The van der Waals surface area contributed by atoms with Crippen molar-refractivity contribution in [2.24, 2.45) is 0 Å². The molecular formula is C24H24N8O3S. The first-order valence-corrected chi connectivity index (χ1v) is 12.9. The van der Waals surface area contributed by atoms with Gasteiger partial charge in [0.15, 0.2) is 0 Å². The molecule has 1 saturated heterocycles. The van der Waals surface area contributed by atoms with E-state index in [0.717, 1.165) is 53.5 Å². The molecule has 12 heteroatoms. The van der Waals surface area contributed by atoms with E-state index in [1.165, 1.54) is 11.3 Å². The highest BCUT2D eigenvalue weighted by molar-refractivity contribution is 7.21. The highest BCUT2D eigenvalue weighted by atomic mass is 32.1. The molecule has 0 saturated carbocycles. The van der Waals surface area contributed by atoms with Crippen molar-refractivity contribution in [3.8, 4) is 16.3 Å². The van der Waals surface area contributed by atoms with Gasteiger partial charge in [-0.1, -0.05) is 0 Å². The number of likely N-dealkylation sites (tertiary alicyclic amines) is 1. The highest BCUT2D eigenvalue weighted by Gasteiger charge is 2.24. The zero-order chi connectivity index (χ0) is 24.4. The van der Waals surface area contributed by atoms with Crippen LogP contribution in [0.4, 0.5) is 0 Å². The predicted octanol–water partition coefficient (Wildman–Crippen LogP) is 2.26. The molecule has 1 fully saturated rings. The van der Waals surface area contributed by atoms with Crippen molar-refractivity contribution in [1.82, 2.24) is 39.6 Å². The second-order valence-corrected chi connectivity index (χ2v) is 10.4. The molecule has 1 atom stereocenters. The monoisotopic (exact) mass is 504 g/mol. The molecule has 7 heterocycles. The third kappa shape index (κ3) is 3.32. The van der Waals surface area contributed by atoms with Gasteiger partial charge < -0.3 is 19.9 Å². The molecule has 0 bridgehead atoms. The molecule has 0 radical (unpaired) electrons. The Kier molecular flexibility index (Phi) is 4.86. The van der Waals surface area contributed by atoms with Crippen molar-refractivity contribution in [2.75, 3.05) is 26.7 Å². The number of nitrogens with one attached hydrogen (secondary N) is 2. The number of carbonyl (C=O) groups is 1. The molecule has 0 spiro atoms. The SMILES string of the molecule is CN1CCCC1CNC(=O)c1cnc2c(c1)[nH]c(=O)c1c2nn2cc(-c3cnn4c3OCCC4)sc12. The number of aromatic nitrogens is 6. The topological polar surface area (TPSA) is 122 Å². The quantitative estimate of drug-likeness (QED) is 0.385. The summed E-state index contributed by atoms with van der Waals surface area (Å²) in [4.78, 5) is 37.2. The van der Waals surface area contributed by atoms with E-state index >= 15 is 0 Å². The average Bonchev–Trinajstić information content (AvgIpc) is 3.65. The van der Waals surface area contributed by atoms with Crippen molar-refractivity contribution in [2.45, 2.75) is 31.8 Å². The Labute approximate surface area is 208 Å². The van der Waals surface area contributed by atoms with E-state index in [2.05, 4.69) is 37.4 Å². The number of ether oxygens (including phenoxy) is 1. The van der Waals surface area contributed by atoms with Gasteiger partial charge in [0.1, 0.15) is 21.3 Å². The smallest absolute Gasteiger partial charge is 0.261 e. The van der Waals surface area contributed by atoms with Gasteiger partial charge in [0.25, 0.3) is 11.5 Å². The summed E-state index contributed by atoms with van der Waals surface area (Å²) in [7, 11) is 2.08. The van der Waals surface area contributed by atoms with E-state index in [-0.39, 0.29) is 11.5 Å². The molecule has 2 N–H and O–H groups in total. The number of hydrogen-bond acceptors (Lipinski definition) is 8. The van der Waals surface area contributed by atoms with Crippen molar-refractivity contribution in [3.63, 3.8) is 0 Å². The Balaban J connectivity index is 1.24. The van der Waals surface area contributed by atoms with Gasteiger partial charge in [-0.2, -0.15) is 10.2 Å². The summed E-state index contributed by atoms with van der Waals surface area (Å²) in [6.07, 6.45) is 8.39. The number of hydrogen-bond donors (Lipinski definition) is 2. The van der Waals surface area contributed by atoms with Crippen LogP contribution in [0.25, 0.3) is 37.2 Å². The minimum Gasteiger partial charge on any atom is -0.477 e. The summed E-state index contributed by atoms with van der Waals surface area (Å²) in [5.74, 6) is 0.550. The number of amides is 1. The van der Waals surface area contributed by atoms with E-state index < -0.39 is 0 Å². The van der Waals surface area contributed by atoms with Gasteiger partial charge in [-0.3, -0.25) is 14.6 Å². The largest absolute Gasteiger partial charge is 0.477 e. The Morgan fingerprint density at radius 1 is 1.28 bits per heavy atom. The minimum absolute atomic E-state index is 0.201. The maximum atomic E-state index is 13.1. The number of fused-ring (bicyclic) bond motifs is 6. The van der Waals surface area contributed by atoms with Crippen molar-refractivity contribution < 1.29 is 9.53 Å². The number of H-pyrrole nitrogens is 1. The fourth-order valence-corrected chi connectivity index (χ4v) is 6.28. The van der Waals surface area contributed by atoms with Crippen LogP contribution in [-0.4, -0.2) is 73.0 Å². The number of aryl methyl sites for hydroxylation is 1. The van der Waals surface area contributed by atoms with Crippen LogP contribution in [0.2, 0.25) is 0 Å². The standard InChI is InChI=1S/C24H24N8O3S/c1-30-5-2-4-14(30)10-26-21(33)13-8-16-19(25-9-13)20-18(22(34)28-16)24-32(29-20)12-17(36-24)15-11-27-31-6-3-7-35-23(15)31/h8-9,11-12,14H,2-7,10H2,1H3,(H,26,33)(H,28,34). The zero-order valence-corrected chi connectivity index (χ0v) is 20.5. The van der Waals surface area contributed by atoms with Crippen LogP contribution in [0, 0.1) is 0 Å². The van der Waals surface area contributed by atoms with Crippen LogP contribution in [0.5, 0.6) is 5.88 Å². The van der Waals surface area contributed by atoms with Crippen LogP contribution in [-0.2, 0) is 6.54 Å². The number of aromatic amines is 1. The lowest BCUT2D eigenvalue weighted by molar-refractivity contribution is 0.0943. The molecular weight excluding hydrogens is 480 g/mol. The van der Waals surface area contributed by atoms with Crippen LogP contribution in [0.1, 0.15) is 29.6 Å².